The van der Waals surface area contributed by atoms with Crippen LogP contribution in [0, 0.1) is 0 Å². The molecule has 0 aliphatic heterocycles. The van der Waals surface area contributed by atoms with Crippen molar-refractivity contribution in [3.63, 3.8) is 0 Å². The van der Waals surface area contributed by atoms with Crippen LogP contribution in [0.4, 0.5) is 5.69 Å². The first-order valence-corrected chi connectivity index (χ1v) is 12.1. The molecule has 32 heavy (non-hydrogen) atoms. The van der Waals surface area contributed by atoms with Crippen molar-refractivity contribution in [2.45, 2.75) is 37.0 Å². The van der Waals surface area contributed by atoms with E-state index in [0.29, 0.717) is 12.2 Å². The SMILES string of the molecule is CN(c1ccccc1)S(=O)(=O)c1cccc(C(=O)OCC(=O)NCCC2=CCCCC2)c1. The average molecular weight is 457 g/mol. The summed E-state index contributed by atoms with van der Waals surface area (Å²) in [5.41, 5.74) is 1.92. The minimum absolute atomic E-state index is 0.0384. The highest BCUT2D eigenvalue weighted by Gasteiger charge is 2.23. The summed E-state index contributed by atoms with van der Waals surface area (Å²) in [6.07, 6.45) is 7.60. The van der Waals surface area contributed by atoms with Crippen LogP contribution in [0.1, 0.15) is 42.5 Å². The summed E-state index contributed by atoms with van der Waals surface area (Å²) in [4.78, 5) is 24.3. The van der Waals surface area contributed by atoms with Gasteiger partial charge >= 0.3 is 5.97 Å². The van der Waals surface area contributed by atoms with Crippen LogP contribution < -0.4 is 9.62 Å². The van der Waals surface area contributed by atoms with Gasteiger partial charge < -0.3 is 10.1 Å². The van der Waals surface area contributed by atoms with Gasteiger partial charge in [0, 0.05) is 13.6 Å². The normalized spacial score (nSPS) is 13.7. The molecule has 1 N–H and O–H groups in total. The lowest BCUT2D eigenvalue weighted by Crippen LogP contribution is -2.30. The lowest BCUT2D eigenvalue weighted by molar-refractivity contribution is -0.124. The number of allylic oxidation sites excluding steroid dienone is 1. The van der Waals surface area contributed by atoms with Gasteiger partial charge in [-0.05, 0) is 62.4 Å². The third-order valence-electron chi connectivity index (χ3n) is 5.34. The second-order valence-corrected chi connectivity index (χ2v) is 9.59. The second-order valence-electron chi connectivity index (χ2n) is 7.62. The summed E-state index contributed by atoms with van der Waals surface area (Å²) >= 11 is 0. The van der Waals surface area contributed by atoms with Crippen LogP contribution in [0.15, 0.2) is 71.1 Å². The summed E-state index contributed by atoms with van der Waals surface area (Å²) in [5.74, 6) is -1.14. The van der Waals surface area contributed by atoms with Crippen molar-refractivity contribution in [1.82, 2.24) is 5.32 Å². The Kier molecular flexibility index (Phi) is 8.05. The molecule has 0 unspecified atom stereocenters. The molecule has 2 aromatic carbocycles. The van der Waals surface area contributed by atoms with Gasteiger partial charge in [-0.3, -0.25) is 9.10 Å². The number of anilines is 1. The van der Waals surface area contributed by atoms with E-state index in [1.807, 2.05) is 0 Å². The smallest absolute Gasteiger partial charge is 0.338 e. The number of esters is 1. The number of nitrogens with one attached hydrogen (secondary N) is 1. The fraction of sp³-hybridized carbons (Fsp3) is 0.333. The van der Waals surface area contributed by atoms with Crippen molar-refractivity contribution in [3.8, 4) is 0 Å². The first-order chi connectivity index (χ1) is 15.4. The molecule has 0 aromatic heterocycles. The Hall–Kier alpha value is -3.13. The first kappa shape index (κ1) is 23.5. The Labute approximate surface area is 189 Å². The fourth-order valence-corrected chi connectivity index (χ4v) is 4.72. The van der Waals surface area contributed by atoms with Gasteiger partial charge in [0.1, 0.15) is 0 Å². The zero-order valence-corrected chi connectivity index (χ0v) is 18.9. The van der Waals surface area contributed by atoms with Crippen molar-refractivity contribution >= 4 is 27.6 Å². The Morgan fingerprint density at radius 2 is 1.84 bits per heavy atom. The topological polar surface area (TPSA) is 92.8 Å². The van der Waals surface area contributed by atoms with Crippen LogP contribution >= 0.6 is 0 Å². The van der Waals surface area contributed by atoms with E-state index in [1.165, 1.54) is 49.7 Å². The number of carbonyl (C=O) groups is 2. The molecule has 1 aliphatic carbocycles. The maximum atomic E-state index is 12.9. The number of para-hydroxylation sites is 1. The number of hydrogen-bond donors (Lipinski definition) is 1. The van der Waals surface area contributed by atoms with E-state index in [9.17, 15) is 18.0 Å². The van der Waals surface area contributed by atoms with Gasteiger partial charge in [0.25, 0.3) is 15.9 Å². The summed E-state index contributed by atoms with van der Waals surface area (Å²) < 4.78 is 32.1. The lowest BCUT2D eigenvalue weighted by Gasteiger charge is -2.19. The zero-order valence-electron chi connectivity index (χ0n) is 18.1. The van der Waals surface area contributed by atoms with Crippen LogP contribution in [0.3, 0.4) is 0 Å². The lowest BCUT2D eigenvalue weighted by atomic mass is 9.97. The van der Waals surface area contributed by atoms with E-state index < -0.39 is 22.6 Å². The molecule has 7 nitrogen and oxygen atoms in total. The molecule has 1 aliphatic rings. The predicted molar refractivity (Wildman–Crippen MR) is 123 cm³/mol. The second kappa shape index (κ2) is 10.9. The van der Waals surface area contributed by atoms with Gasteiger partial charge in [0.05, 0.1) is 16.1 Å². The van der Waals surface area contributed by atoms with Gasteiger partial charge in [0.2, 0.25) is 0 Å². The number of benzene rings is 2. The number of carbonyl (C=O) groups excluding carboxylic acids is 2. The van der Waals surface area contributed by atoms with Crippen molar-refractivity contribution in [3.05, 3.63) is 71.8 Å². The summed E-state index contributed by atoms with van der Waals surface area (Å²) in [6.45, 7) is 0.0839. The van der Waals surface area contributed by atoms with Gasteiger partial charge in [-0.2, -0.15) is 0 Å². The highest BCUT2D eigenvalue weighted by molar-refractivity contribution is 7.92. The van der Waals surface area contributed by atoms with Crippen molar-refractivity contribution in [2.75, 3.05) is 24.5 Å². The highest BCUT2D eigenvalue weighted by atomic mass is 32.2. The Morgan fingerprint density at radius 1 is 1.06 bits per heavy atom. The minimum Gasteiger partial charge on any atom is -0.452 e. The molecule has 0 spiro atoms. The summed E-state index contributed by atoms with van der Waals surface area (Å²) in [6, 6.07) is 14.2. The van der Waals surface area contributed by atoms with E-state index in [0.717, 1.165) is 23.6 Å². The summed E-state index contributed by atoms with van der Waals surface area (Å²) in [5, 5.41) is 2.75. The molecule has 8 heteroatoms. The summed E-state index contributed by atoms with van der Waals surface area (Å²) in [7, 11) is -2.41. The minimum atomic E-state index is -3.86. The molecule has 0 radical (unpaired) electrons. The molecule has 3 rings (SSSR count). The highest BCUT2D eigenvalue weighted by Crippen LogP contribution is 2.22. The van der Waals surface area contributed by atoms with Crippen LogP contribution in [-0.2, 0) is 19.6 Å². The maximum absolute atomic E-state index is 12.9. The van der Waals surface area contributed by atoms with Crippen LogP contribution in [-0.4, -0.2) is 40.5 Å². The molecule has 0 heterocycles. The largest absolute Gasteiger partial charge is 0.452 e. The zero-order chi connectivity index (χ0) is 23.0. The predicted octanol–water partition coefficient (Wildman–Crippen LogP) is 3.68. The standard InChI is InChI=1S/C24H28N2O5S/c1-26(21-12-6-3-7-13-21)32(29,30)22-14-8-11-20(17-22)24(28)31-18-23(27)25-16-15-19-9-4-2-5-10-19/h3,6-9,11-14,17H,2,4-5,10,15-16,18H2,1H3,(H,25,27). The third-order valence-corrected chi connectivity index (χ3v) is 7.12. The van der Waals surface area contributed by atoms with Gasteiger partial charge in [-0.15, -0.1) is 0 Å². The first-order valence-electron chi connectivity index (χ1n) is 10.6. The third kappa shape index (κ3) is 6.20. The molecule has 0 atom stereocenters. The van der Waals surface area contributed by atoms with E-state index >= 15 is 0 Å². The molecular formula is C24H28N2O5S. The number of amides is 1. The molecule has 1 amide bonds. The molecular weight excluding hydrogens is 428 g/mol. The van der Waals surface area contributed by atoms with Gasteiger partial charge in [0.15, 0.2) is 6.61 Å². The van der Waals surface area contributed by atoms with E-state index in [1.54, 1.807) is 30.3 Å². The molecule has 0 fully saturated rings. The monoisotopic (exact) mass is 456 g/mol. The van der Waals surface area contributed by atoms with Crippen LogP contribution in [0.25, 0.3) is 0 Å². The van der Waals surface area contributed by atoms with Crippen molar-refractivity contribution < 1.29 is 22.7 Å². The van der Waals surface area contributed by atoms with E-state index in [-0.39, 0.29) is 16.4 Å². The molecule has 0 saturated heterocycles. The number of hydrogen-bond acceptors (Lipinski definition) is 5. The average Bonchev–Trinajstić information content (AvgIpc) is 2.83. The van der Waals surface area contributed by atoms with Crippen molar-refractivity contribution in [1.29, 1.82) is 0 Å². The quantitative estimate of drug-likeness (QED) is 0.459. The molecule has 0 bridgehead atoms. The van der Waals surface area contributed by atoms with Gasteiger partial charge in [-0.25, -0.2) is 13.2 Å². The fourth-order valence-electron chi connectivity index (χ4n) is 3.48. The maximum Gasteiger partial charge on any atom is 0.338 e. The number of nitrogens with zero attached hydrogens (tertiary/aromatic N) is 1. The number of sulfonamides is 1. The van der Waals surface area contributed by atoms with Crippen LogP contribution in [0.5, 0.6) is 0 Å². The Morgan fingerprint density at radius 3 is 2.56 bits per heavy atom. The Balaban J connectivity index is 1.55. The van der Waals surface area contributed by atoms with E-state index in [2.05, 4.69) is 11.4 Å². The molecule has 170 valence electrons. The van der Waals surface area contributed by atoms with Crippen molar-refractivity contribution in [2.24, 2.45) is 0 Å². The van der Waals surface area contributed by atoms with Crippen LogP contribution in [0.2, 0.25) is 0 Å². The van der Waals surface area contributed by atoms with Gasteiger partial charge in [-0.1, -0.05) is 35.9 Å². The number of rotatable bonds is 9. The van der Waals surface area contributed by atoms with E-state index in [4.69, 9.17) is 4.74 Å². The number of ether oxygens (including phenoxy) is 1. The Bertz CT molecular complexity index is 1080. The molecule has 0 saturated carbocycles. The molecule has 2 aromatic rings.